The molecule has 0 saturated carbocycles. The van der Waals surface area contributed by atoms with Gasteiger partial charge in [0.05, 0.1) is 26.0 Å². The minimum absolute atomic E-state index is 0.262. The summed E-state index contributed by atoms with van der Waals surface area (Å²) in [5.41, 5.74) is 3.11. The van der Waals surface area contributed by atoms with Crippen LogP contribution in [0.1, 0.15) is 38.2 Å². The molecule has 0 bridgehead atoms. The fraction of sp³-hybridized carbons (Fsp3) is 0.529. The van der Waals surface area contributed by atoms with Crippen molar-refractivity contribution in [3.8, 4) is 17.0 Å². The first kappa shape index (κ1) is 15.0. The van der Waals surface area contributed by atoms with Gasteiger partial charge in [-0.15, -0.1) is 5.10 Å². The van der Waals surface area contributed by atoms with Crippen LogP contribution in [-0.2, 0) is 11.3 Å². The van der Waals surface area contributed by atoms with E-state index in [1.807, 2.05) is 16.9 Å². The van der Waals surface area contributed by atoms with Crippen LogP contribution in [0.4, 0.5) is 0 Å². The van der Waals surface area contributed by atoms with Gasteiger partial charge < -0.3 is 9.47 Å². The molecule has 0 amide bonds. The van der Waals surface area contributed by atoms with Crippen LogP contribution in [0, 0.1) is 0 Å². The van der Waals surface area contributed by atoms with E-state index in [0.29, 0.717) is 5.92 Å². The van der Waals surface area contributed by atoms with Gasteiger partial charge in [0, 0.05) is 12.2 Å². The highest BCUT2D eigenvalue weighted by Crippen LogP contribution is 2.31. The van der Waals surface area contributed by atoms with Gasteiger partial charge in [0.15, 0.2) is 0 Å². The topological polar surface area (TPSA) is 49.2 Å². The third-order valence-electron chi connectivity index (χ3n) is 4.12. The molecule has 1 aliphatic heterocycles. The third kappa shape index (κ3) is 3.14. The van der Waals surface area contributed by atoms with Crippen LogP contribution in [0.3, 0.4) is 0 Å². The smallest absolute Gasteiger partial charge is 0.128 e. The van der Waals surface area contributed by atoms with E-state index in [1.54, 1.807) is 7.11 Å². The predicted octanol–water partition coefficient (Wildman–Crippen LogP) is 3.26. The quantitative estimate of drug-likeness (QED) is 0.850. The van der Waals surface area contributed by atoms with Gasteiger partial charge in [-0.3, -0.25) is 0 Å². The average Bonchev–Trinajstić information content (AvgIpc) is 3.19. The van der Waals surface area contributed by atoms with Gasteiger partial charge in [0.1, 0.15) is 11.4 Å². The fourth-order valence-corrected chi connectivity index (χ4v) is 2.79. The predicted molar refractivity (Wildman–Crippen MR) is 85.1 cm³/mol. The summed E-state index contributed by atoms with van der Waals surface area (Å²) in [6.45, 7) is 5.98. The lowest BCUT2D eigenvalue weighted by molar-refractivity contribution is 0.0935. The molecule has 0 aliphatic carbocycles. The van der Waals surface area contributed by atoms with E-state index in [-0.39, 0.29) is 6.10 Å². The molecule has 5 heteroatoms. The van der Waals surface area contributed by atoms with Crippen molar-refractivity contribution in [2.75, 3.05) is 13.7 Å². The minimum atomic E-state index is 0.262. The van der Waals surface area contributed by atoms with Crippen molar-refractivity contribution in [3.05, 3.63) is 30.0 Å². The van der Waals surface area contributed by atoms with Crippen LogP contribution in [0.5, 0.6) is 5.75 Å². The lowest BCUT2D eigenvalue weighted by atomic mass is 9.99. The minimum Gasteiger partial charge on any atom is -0.496 e. The van der Waals surface area contributed by atoms with Gasteiger partial charge in [0.2, 0.25) is 0 Å². The zero-order valence-electron chi connectivity index (χ0n) is 13.5. The van der Waals surface area contributed by atoms with E-state index >= 15 is 0 Å². The Hall–Kier alpha value is -1.88. The van der Waals surface area contributed by atoms with Crippen LogP contribution in [0.2, 0.25) is 0 Å². The molecule has 0 N–H and O–H groups in total. The van der Waals surface area contributed by atoms with Crippen molar-refractivity contribution < 1.29 is 9.47 Å². The Kier molecular flexibility index (Phi) is 4.43. The number of hydrogen-bond acceptors (Lipinski definition) is 4. The first-order valence-corrected chi connectivity index (χ1v) is 7.87. The molecular weight excluding hydrogens is 278 g/mol. The number of aromatic nitrogens is 3. The average molecular weight is 301 g/mol. The number of benzene rings is 1. The molecule has 1 atom stereocenters. The Morgan fingerprint density at radius 3 is 2.95 bits per heavy atom. The molecule has 22 heavy (non-hydrogen) atoms. The van der Waals surface area contributed by atoms with Crippen LogP contribution in [0.25, 0.3) is 11.3 Å². The van der Waals surface area contributed by atoms with Crippen LogP contribution >= 0.6 is 0 Å². The fourth-order valence-electron chi connectivity index (χ4n) is 2.79. The zero-order valence-corrected chi connectivity index (χ0v) is 13.5. The molecule has 2 heterocycles. The van der Waals surface area contributed by atoms with Gasteiger partial charge >= 0.3 is 0 Å². The zero-order chi connectivity index (χ0) is 15.5. The summed E-state index contributed by atoms with van der Waals surface area (Å²) in [7, 11) is 1.69. The molecule has 0 radical (unpaired) electrons. The highest BCUT2D eigenvalue weighted by molar-refractivity contribution is 5.67. The number of rotatable bonds is 5. The Balaban J connectivity index is 1.86. The maximum atomic E-state index is 5.65. The van der Waals surface area contributed by atoms with Crippen molar-refractivity contribution in [2.45, 2.75) is 45.3 Å². The Labute approximate surface area is 131 Å². The number of nitrogens with zero attached hydrogens (tertiary/aromatic N) is 3. The molecule has 1 saturated heterocycles. The molecule has 0 spiro atoms. The SMILES string of the molecule is COc1ccc(C(C)C)cc1-c1cn(C[C@@H]2CCCO2)nn1. The van der Waals surface area contributed by atoms with Crippen LogP contribution < -0.4 is 4.74 Å². The van der Waals surface area contributed by atoms with Crippen LogP contribution in [0.15, 0.2) is 24.4 Å². The summed E-state index contributed by atoms with van der Waals surface area (Å²) in [5.74, 6) is 1.29. The van der Waals surface area contributed by atoms with Crippen molar-refractivity contribution in [3.63, 3.8) is 0 Å². The summed E-state index contributed by atoms with van der Waals surface area (Å²) in [6, 6.07) is 6.25. The lowest BCUT2D eigenvalue weighted by Gasteiger charge is -2.11. The summed E-state index contributed by atoms with van der Waals surface area (Å²) in [4.78, 5) is 0. The maximum absolute atomic E-state index is 5.65. The van der Waals surface area contributed by atoms with Gasteiger partial charge in [-0.05, 0) is 36.5 Å². The lowest BCUT2D eigenvalue weighted by Crippen LogP contribution is -2.15. The number of methoxy groups -OCH3 is 1. The van der Waals surface area contributed by atoms with E-state index in [0.717, 1.165) is 43.0 Å². The monoisotopic (exact) mass is 301 g/mol. The van der Waals surface area contributed by atoms with Crippen molar-refractivity contribution in [2.24, 2.45) is 0 Å². The second-order valence-electron chi connectivity index (χ2n) is 6.08. The molecule has 118 valence electrons. The molecular formula is C17H23N3O2. The number of ether oxygens (including phenoxy) is 2. The maximum Gasteiger partial charge on any atom is 0.128 e. The van der Waals surface area contributed by atoms with Gasteiger partial charge in [-0.25, -0.2) is 4.68 Å². The highest BCUT2D eigenvalue weighted by Gasteiger charge is 2.18. The van der Waals surface area contributed by atoms with Crippen molar-refractivity contribution in [1.82, 2.24) is 15.0 Å². The highest BCUT2D eigenvalue weighted by atomic mass is 16.5. The molecule has 1 aromatic heterocycles. The largest absolute Gasteiger partial charge is 0.496 e. The summed E-state index contributed by atoms with van der Waals surface area (Å²) < 4.78 is 13.0. The molecule has 2 aromatic rings. The molecule has 1 aromatic carbocycles. The second-order valence-corrected chi connectivity index (χ2v) is 6.08. The summed E-state index contributed by atoms with van der Waals surface area (Å²) in [5, 5.41) is 8.55. The Bertz CT molecular complexity index is 631. The van der Waals surface area contributed by atoms with E-state index in [2.05, 4.69) is 36.3 Å². The normalized spacial score (nSPS) is 18.1. The van der Waals surface area contributed by atoms with Gasteiger partial charge in [-0.1, -0.05) is 25.1 Å². The standard InChI is InChI=1S/C17H23N3O2/c1-12(2)13-6-7-17(21-3)15(9-13)16-11-20(19-18-16)10-14-5-4-8-22-14/h6-7,9,11-12,14H,4-5,8,10H2,1-3H3/t14-/m0/s1. The Morgan fingerprint density at radius 1 is 1.41 bits per heavy atom. The second kappa shape index (κ2) is 6.48. The molecule has 1 fully saturated rings. The van der Waals surface area contributed by atoms with Crippen LogP contribution in [-0.4, -0.2) is 34.8 Å². The molecule has 0 unspecified atom stereocenters. The number of hydrogen-bond donors (Lipinski definition) is 0. The third-order valence-corrected chi connectivity index (χ3v) is 4.12. The van der Waals surface area contributed by atoms with E-state index < -0.39 is 0 Å². The summed E-state index contributed by atoms with van der Waals surface area (Å²) in [6.07, 6.45) is 4.47. The molecule has 3 rings (SSSR count). The molecule has 5 nitrogen and oxygen atoms in total. The van der Waals surface area contributed by atoms with Gasteiger partial charge in [-0.2, -0.15) is 0 Å². The first-order valence-electron chi connectivity index (χ1n) is 7.87. The van der Waals surface area contributed by atoms with Gasteiger partial charge in [0.25, 0.3) is 0 Å². The van der Waals surface area contributed by atoms with E-state index in [1.165, 1.54) is 5.56 Å². The first-order chi connectivity index (χ1) is 10.7. The summed E-state index contributed by atoms with van der Waals surface area (Å²) >= 11 is 0. The Morgan fingerprint density at radius 2 is 2.27 bits per heavy atom. The van der Waals surface area contributed by atoms with Crippen molar-refractivity contribution >= 4 is 0 Å². The van der Waals surface area contributed by atoms with Crippen molar-refractivity contribution in [1.29, 1.82) is 0 Å². The van der Waals surface area contributed by atoms with E-state index in [9.17, 15) is 0 Å². The van der Waals surface area contributed by atoms with E-state index in [4.69, 9.17) is 9.47 Å². The molecule has 1 aliphatic rings.